The fourth-order valence-corrected chi connectivity index (χ4v) is 5.05. The van der Waals surface area contributed by atoms with E-state index in [1.54, 1.807) is 20.3 Å². The summed E-state index contributed by atoms with van der Waals surface area (Å²) >= 11 is 0. The number of methoxy groups -OCH3 is 2. The van der Waals surface area contributed by atoms with Gasteiger partial charge in [0.15, 0.2) is 11.5 Å². The van der Waals surface area contributed by atoms with Crippen LogP contribution in [0.4, 0.5) is 0 Å². The van der Waals surface area contributed by atoms with Gasteiger partial charge < -0.3 is 20.3 Å². The van der Waals surface area contributed by atoms with Crippen LogP contribution in [-0.4, -0.2) is 36.8 Å². The molecule has 0 bridgehead atoms. The van der Waals surface area contributed by atoms with Gasteiger partial charge in [-0.2, -0.15) is 0 Å². The second-order valence-corrected chi connectivity index (χ2v) is 7.58. The van der Waals surface area contributed by atoms with Gasteiger partial charge in [0.25, 0.3) is 0 Å². The molecule has 3 aromatic carbocycles. The molecule has 2 atom stereocenters. The molecule has 0 saturated carbocycles. The number of hydrogen-bond donors (Lipinski definition) is 2. The highest BCUT2D eigenvalue weighted by atomic mass is 16.5. The lowest BCUT2D eigenvalue weighted by Gasteiger charge is -2.38. The Morgan fingerprint density at radius 1 is 1.00 bits per heavy atom. The third-order valence-electron chi connectivity index (χ3n) is 6.28. The van der Waals surface area contributed by atoms with Crippen molar-refractivity contribution in [2.24, 2.45) is 5.73 Å². The van der Waals surface area contributed by atoms with Crippen LogP contribution in [0.2, 0.25) is 0 Å². The van der Waals surface area contributed by atoms with Crippen LogP contribution >= 0.6 is 0 Å². The molecule has 2 aliphatic rings. The molecule has 2 heterocycles. The predicted molar refractivity (Wildman–Crippen MR) is 107 cm³/mol. The Hall–Kier alpha value is -2.50. The van der Waals surface area contributed by atoms with Crippen molar-refractivity contribution < 1.29 is 14.6 Å². The molecule has 3 aromatic rings. The summed E-state index contributed by atoms with van der Waals surface area (Å²) in [6, 6.07) is 10.0. The van der Waals surface area contributed by atoms with E-state index in [1.165, 1.54) is 17.5 Å². The van der Waals surface area contributed by atoms with E-state index in [0.717, 1.165) is 41.1 Å². The first-order valence-corrected chi connectivity index (χ1v) is 9.45. The number of rotatable bonds is 2. The molecule has 0 spiro atoms. The number of nitrogens with two attached hydrogens (primary N) is 1. The van der Waals surface area contributed by atoms with Crippen molar-refractivity contribution >= 4 is 21.5 Å². The standard InChI is InChI=1S/C22H24N2O3/c1-26-19-9-15-14-8-12(25)5-6-13(14)21-17(16(15)10-20(19)27-2)11-24-7-3-4-18(24)22(21)23/h5-6,8-10,18,22,25H,3-4,7,11,23H2,1-2H3. The third kappa shape index (κ3) is 2.32. The van der Waals surface area contributed by atoms with Crippen LogP contribution in [0.5, 0.6) is 17.2 Å². The van der Waals surface area contributed by atoms with E-state index in [4.69, 9.17) is 15.2 Å². The average Bonchev–Trinajstić information content (AvgIpc) is 3.16. The Morgan fingerprint density at radius 3 is 2.44 bits per heavy atom. The van der Waals surface area contributed by atoms with Crippen molar-refractivity contribution in [3.63, 3.8) is 0 Å². The Morgan fingerprint density at radius 2 is 1.70 bits per heavy atom. The molecule has 0 amide bonds. The lowest BCUT2D eigenvalue weighted by atomic mass is 9.82. The highest BCUT2D eigenvalue weighted by molar-refractivity contribution is 6.12. The second kappa shape index (κ2) is 6.01. The summed E-state index contributed by atoms with van der Waals surface area (Å²) in [4.78, 5) is 2.51. The van der Waals surface area contributed by atoms with E-state index in [0.29, 0.717) is 17.5 Å². The highest BCUT2D eigenvalue weighted by Gasteiger charge is 2.38. The molecule has 0 aromatic heterocycles. The molecule has 1 fully saturated rings. The molecule has 5 nitrogen and oxygen atoms in total. The van der Waals surface area contributed by atoms with Gasteiger partial charge in [-0.15, -0.1) is 0 Å². The van der Waals surface area contributed by atoms with Crippen LogP contribution in [0.25, 0.3) is 21.5 Å². The van der Waals surface area contributed by atoms with Crippen molar-refractivity contribution in [1.29, 1.82) is 0 Å². The quantitative estimate of drug-likeness (QED) is 0.679. The van der Waals surface area contributed by atoms with Gasteiger partial charge in [-0.1, -0.05) is 6.07 Å². The maximum absolute atomic E-state index is 10.1. The molecular weight excluding hydrogens is 340 g/mol. The van der Waals surface area contributed by atoms with E-state index in [1.807, 2.05) is 18.2 Å². The number of aromatic hydroxyl groups is 1. The second-order valence-electron chi connectivity index (χ2n) is 7.58. The van der Waals surface area contributed by atoms with E-state index in [9.17, 15) is 5.11 Å². The first-order valence-electron chi connectivity index (χ1n) is 9.45. The first-order chi connectivity index (χ1) is 13.1. The fraction of sp³-hybridized carbons (Fsp3) is 0.364. The lowest BCUT2D eigenvalue weighted by Crippen LogP contribution is -2.42. The fourth-order valence-electron chi connectivity index (χ4n) is 5.05. The predicted octanol–water partition coefficient (Wildman–Crippen LogP) is 3.69. The van der Waals surface area contributed by atoms with Crippen LogP contribution in [0.3, 0.4) is 0 Å². The monoisotopic (exact) mass is 364 g/mol. The minimum absolute atomic E-state index is 0.0270. The number of hydrogen-bond acceptors (Lipinski definition) is 5. The zero-order valence-electron chi connectivity index (χ0n) is 15.7. The first kappa shape index (κ1) is 16.7. The number of benzene rings is 3. The van der Waals surface area contributed by atoms with Gasteiger partial charge >= 0.3 is 0 Å². The topological polar surface area (TPSA) is 67.9 Å². The minimum atomic E-state index is -0.0270. The maximum Gasteiger partial charge on any atom is 0.161 e. The van der Waals surface area contributed by atoms with Crippen LogP contribution in [0.15, 0.2) is 30.3 Å². The number of phenols is 1. The molecule has 5 rings (SSSR count). The third-order valence-corrected chi connectivity index (χ3v) is 6.28. The molecule has 1 saturated heterocycles. The molecule has 140 valence electrons. The minimum Gasteiger partial charge on any atom is -0.508 e. The molecule has 0 radical (unpaired) electrons. The van der Waals surface area contributed by atoms with Crippen molar-refractivity contribution in [1.82, 2.24) is 4.90 Å². The summed E-state index contributed by atoms with van der Waals surface area (Å²) in [5.74, 6) is 1.66. The largest absolute Gasteiger partial charge is 0.508 e. The molecular formula is C22H24N2O3. The Labute approximate surface area is 158 Å². The van der Waals surface area contributed by atoms with Crippen LogP contribution < -0.4 is 15.2 Å². The summed E-state index contributed by atoms with van der Waals surface area (Å²) in [6.07, 6.45) is 2.34. The number of ether oxygens (including phenoxy) is 2. The van der Waals surface area contributed by atoms with Gasteiger partial charge in [0.1, 0.15) is 5.75 Å². The summed E-state index contributed by atoms with van der Waals surface area (Å²) in [5.41, 5.74) is 9.28. The number of fused-ring (bicyclic) bond motifs is 7. The molecule has 2 aliphatic heterocycles. The van der Waals surface area contributed by atoms with Gasteiger partial charge in [-0.05, 0) is 76.3 Å². The van der Waals surface area contributed by atoms with E-state index >= 15 is 0 Å². The van der Waals surface area contributed by atoms with Gasteiger partial charge in [0, 0.05) is 18.6 Å². The summed E-state index contributed by atoms with van der Waals surface area (Å²) in [7, 11) is 3.30. The van der Waals surface area contributed by atoms with Crippen molar-refractivity contribution in [3.8, 4) is 17.2 Å². The van der Waals surface area contributed by atoms with Crippen LogP contribution in [0, 0.1) is 0 Å². The maximum atomic E-state index is 10.1. The average molecular weight is 364 g/mol. The highest BCUT2D eigenvalue weighted by Crippen LogP contribution is 2.46. The molecule has 27 heavy (non-hydrogen) atoms. The van der Waals surface area contributed by atoms with E-state index < -0.39 is 0 Å². The summed E-state index contributed by atoms with van der Waals surface area (Å²) in [6.45, 7) is 2.00. The zero-order valence-corrected chi connectivity index (χ0v) is 15.7. The van der Waals surface area contributed by atoms with Gasteiger partial charge in [0.2, 0.25) is 0 Å². The molecule has 3 N–H and O–H groups in total. The van der Waals surface area contributed by atoms with Crippen LogP contribution in [0.1, 0.15) is 30.0 Å². The normalized spacial score (nSPS) is 22.0. The van der Waals surface area contributed by atoms with Crippen molar-refractivity contribution in [3.05, 3.63) is 41.5 Å². The molecule has 5 heteroatoms. The molecule has 2 unspecified atom stereocenters. The van der Waals surface area contributed by atoms with Gasteiger partial charge in [0.05, 0.1) is 14.2 Å². The molecule has 0 aliphatic carbocycles. The Balaban J connectivity index is 1.93. The SMILES string of the molecule is COc1cc2c3c(c4ccc(O)cc4c2cc1OC)C(N)C1CCCN1C3. The summed E-state index contributed by atoms with van der Waals surface area (Å²) < 4.78 is 11.1. The number of phenolic OH excluding ortho intramolecular Hbond substituents is 1. The Kier molecular flexibility index (Phi) is 3.71. The van der Waals surface area contributed by atoms with Gasteiger partial charge in [-0.3, -0.25) is 4.90 Å². The zero-order chi connectivity index (χ0) is 18.7. The van der Waals surface area contributed by atoms with Gasteiger partial charge in [-0.25, -0.2) is 0 Å². The lowest BCUT2D eigenvalue weighted by molar-refractivity contribution is 0.200. The summed E-state index contributed by atoms with van der Waals surface area (Å²) in [5, 5.41) is 14.5. The van der Waals surface area contributed by atoms with E-state index in [2.05, 4.69) is 11.0 Å². The van der Waals surface area contributed by atoms with Crippen molar-refractivity contribution in [2.45, 2.75) is 31.5 Å². The number of nitrogens with zero attached hydrogens (tertiary/aromatic N) is 1. The smallest absolute Gasteiger partial charge is 0.161 e. The van der Waals surface area contributed by atoms with Crippen molar-refractivity contribution in [2.75, 3.05) is 20.8 Å². The van der Waals surface area contributed by atoms with Crippen LogP contribution in [-0.2, 0) is 6.54 Å². The van der Waals surface area contributed by atoms with E-state index in [-0.39, 0.29) is 11.8 Å². The Bertz CT molecular complexity index is 1060.